The van der Waals surface area contributed by atoms with Crippen molar-refractivity contribution in [3.8, 4) is 0 Å². The van der Waals surface area contributed by atoms with Crippen molar-refractivity contribution < 1.29 is 4.79 Å². The molecule has 108 valence electrons. The molecule has 1 amide bonds. The van der Waals surface area contributed by atoms with Crippen molar-refractivity contribution in [2.24, 2.45) is 0 Å². The van der Waals surface area contributed by atoms with E-state index in [0.717, 1.165) is 25.2 Å². The van der Waals surface area contributed by atoms with Gasteiger partial charge in [-0.2, -0.15) is 0 Å². The number of fused-ring (bicyclic) bond motifs is 4. The van der Waals surface area contributed by atoms with Crippen LogP contribution in [0.4, 0.5) is 0 Å². The molecule has 0 spiro atoms. The number of likely N-dealkylation sites (tertiary alicyclic amines) is 1. The molecule has 2 aromatic rings. The number of carbonyl (C=O) groups excluding carboxylic acids is 1. The van der Waals surface area contributed by atoms with Gasteiger partial charge in [0.1, 0.15) is 5.82 Å². The maximum atomic E-state index is 12.5. The first-order valence-electron chi connectivity index (χ1n) is 7.59. The zero-order valence-electron chi connectivity index (χ0n) is 12.2. The number of imidazole rings is 1. The highest BCUT2D eigenvalue weighted by Gasteiger charge is 2.40. The molecule has 1 aliphatic carbocycles. The summed E-state index contributed by atoms with van der Waals surface area (Å²) >= 11 is 0. The first-order valence-corrected chi connectivity index (χ1v) is 7.59. The Kier molecular flexibility index (Phi) is 2.84. The third kappa shape index (κ3) is 2.15. The average Bonchev–Trinajstić information content (AvgIpc) is 2.85. The molecule has 2 atom stereocenters. The Labute approximate surface area is 124 Å². The Morgan fingerprint density at radius 2 is 2.10 bits per heavy atom. The topological polar surface area (TPSA) is 49.0 Å². The highest BCUT2D eigenvalue weighted by atomic mass is 16.2. The van der Waals surface area contributed by atoms with Crippen LogP contribution in [0, 0.1) is 6.92 Å². The summed E-state index contributed by atoms with van der Waals surface area (Å²) in [5.74, 6) is 1.58. The predicted octanol–water partition coefficient (Wildman–Crippen LogP) is 2.55. The van der Waals surface area contributed by atoms with Crippen LogP contribution in [0.3, 0.4) is 0 Å². The van der Waals surface area contributed by atoms with E-state index in [0.29, 0.717) is 18.4 Å². The number of amides is 1. The smallest absolute Gasteiger partial charge is 0.223 e. The maximum Gasteiger partial charge on any atom is 0.223 e. The Morgan fingerprint density at radius 3 is 2.90 bits per heavy atom. The average molecular weight is 281 g/mol. The quantitative estimate of drug-likeness (QED) is 0.919. The van der Waals surface area contributed by atoms with Crippen LogP contribution in [0.2, 0.25) is 0 Å². The van der Waals surface area contributed by atoms with Gasteiger partial charge < -0.3 is 9.88 Å². The summed E-state index contributed by atoms with van der Waals surface area (Å²) in [6.45, 7) is 2.71. The van der Waals surface area contributed by atoms with Gasteiger partial charge in [-0.1, -0.05) is 30.3 Å². The second-order valence-electron chi connectivity index (χ2n) is 6.18. The van der Waals surface area contributed by atoms with Gasteiger partial charge in [0.25, 0.3) is 0 Å². The van der Waals surface area contributed by atoms with Crippen LogP contribution in [0.25, 0.3) is 0 Å². The Bertz CT molecular complexity index is 677. The fourth-order valence-electron chi connectivity index (χ4n) is 3.76. The lowest BCUT2D eigenvalue weighted by atomic mass is 9.79. The van der Waals surface area contributed by atoms with Gasteiger partial charge in [0.05, 0.1) is 5.69 Å². The molecule has 2 heterocycles. The zero-order valence-corrected chi connectivity index (χ0v) is 12.2. The zero-order chi connectivity index (χ0) is 14.4. The van der Waals surface area contributed by atoms with Crippen LogP contribution in [0.5, 0.6) is 0 Å². The second-order valence-corrected chi connectivity index (χ2v) is 6.18. The van der Waals surface area contributed by atoms with E-state index in [2.05, 4.69) is 27.0 Å². The van der Waals surface area contributed by atoms with Crippen molar-refractivity contribution in [1.82, 2.24) is 14.9 Å². The van der Waals surface area contributed by atoms with Gasteiger partial charge in [-0.15, -0.1) is 0 Å². The van der Waals surface area contributed by atoms with Crippen molar-refractivity contribution in [2.45, 2.75) is 44.7 Å². The van der Waals surface area contributed by atoms with Crippen LogP contribution in [-0.2, 0) is 17.8 Å². The van der Waals surface area contributed by atoms with Gasteiger partial charge in [-0.05, 0) is 18.9 Å². The number of rotatable bonds is 2. The van der Waals surface area contributed by atoms with Crippen molar-refractivity contribution >= 4 is 5.91 Å². The van der Waals surface area contributed by atoms with E-state index in [-0.39, 0.29) is 5.91 Å². The number of nitrogens with one attached hydrogen (secondary N) is 1. The molecular weight excluding hydrogens is 262 g/mol. The molecule has 0 saturated carbocycles. The lowest BCUT2D eigenvalue weighted by molar-refractivity contribution is -0.138. The van der Waals surface area contributed by atoms with Gasteiger partial charge in [-0.25, -0.2) is 4.98 Å². The number of aryl methyl sites for hydroxylation is 1. The highest BCUT2D eigenvalue weighted by molar-refractivity contribution is 5.79. The summed E-state index contributed by atoms with van der Waals surface area (Å²) < 4.78 is 0. The van der Waals surface area contributed by atoms with Crippen LogP contribution in [0.1, 0.15) is 41.5 Å². The molecule has 1 fully saturated rings. The lowest BCUT2D eigenvalue weighted by Gasteiger charge is -2.42. The highest BCUT2D eigenvalue weighted by Crippen LogP contribution is 2.39. The first-order chi connectivity index (χ1) is 10.2. The van der Waals surface area contributed by atoms with Gasteiger partial charge in [0.15, 0.2) is 0 Å². The number of aromatic amines is 1. The van der Waals surface area contributed by atoms with Gasteiger partial charge in [0, 0.05) is 37.0 Å². The fraction of sp³-hybridized carbons (Fsp3) is 0.412. The van der Waals surface area contributed by atoms with E-state index >= 15 is 0 Å². The van der Waals surface area contributed by atoms with Crippen molar-refractivity contribution in [3.05, 3.63) is 53.1 Å². The largest absolute Gasteiger partial charge is 0.346 e. The number of carbonyl (C=O) groups is 1. The Balaban J connectivity index is 1.62. The summed E-state index contributed by atoms with van der Waals surface area (Å²) in [6.07, 6.45) is 2.56. The standard InChI is InChI=1S/C17H19N3O/c1-11-18-15-9-14-7-13(17(15)19-11)8-16(21)20(14)10-12-5-3-2-4-6-12/h2-6,13-14H,7-10H2,1H3,(H,18,19)/t13-,14-/m1/s1. The minimum atomic E-state index is 0.276. The van der Waals surface area contributed by atoms with E-state index in [1.54, 1.807) is 0 Å². The number of hydrogen-bond donors (Lipinski definition) is 1. The molecule has 2 aliphatic rings. The monoisotopic (exact) mass is 281 g/mol. The molecule has 1 aliphatic heterocycles. The molecule has 4 nitrogen and oxygen atoms in total. The molecule has 0 radical (unpaired) electrons. The van der Waals surface area contributed by atoms with Crippen molar-refractivity contribution in [1.29, 1.82) is 0 Å². The second kappa shape index (κ2) is 4.72. The van der Waals surface area contributed by atoms with Crippen LogP contribution >= 0.6 is 0 Å². The minimum absolute atomic E-state index is 0.276. The molecule has 21 heavy (non-hydrogen) atoms. The van der Waals surface area contributed by atoms with Gasteiger partial charge >= 0.3 is 0 Å². The summed E-state index contributed by atoms with van der Waals surface area (Å²) in [7, 11) is 0. The molecule has 2 bridgehead atoms. The number of H-pyrrole nitrogens is 1. The van der Waals surface area contributed by atoms with E-state index in [1.165, 1.54) is 17.0 Å². The summed E-state index contributed by atoms with van der Waals surface area (Å²) in [5, 5.41) is 0. The maximum absolute atomic E-state index is 12.5. The SMILES string of the molecule is Cc1nc2c([nH]1)[C@H]1CC(=O)N(Cc3ccccc3)[C@@H](C2)C1. The number of aromatic nitrogens is 2. The van der Waals surface area contributed by atoms with Crippen LogP contribution in [-0.4, -0.2) is 26.8 Å². The summed E-state index contributed by atoms with van der Waals surface area (Å²) in [4.78, 5) is 22.5. The van der Waals surface area contributed by atoms with E-state index in [4.69, 9.17) is 0 Å². The molecule has 4 heteroatoms. The molecule has 1 saturated heterocycles. The fourth-order valence-corrected chi connectivity index (χ4v) is 3.76. The third-order valence-corrected chi connectivity index (χ3v) is 4.70. The Hall–Kier alpha value is -2.10. The van der Waals surface area contributed by atoms with Gasteiger partial charge in [-0.3, -0.25) is 4.79 Å². The number of piperidine rings is 1. The molecule has 1 aromatic heterocycles. The summed E-state index contributed by atoms with van der Waals surface area (Å²) in [6, 6.07) is 10.5. The lowest BCUT2D eigenvalue weighted by Crippen LogP contribution is -2.48. The minimum Gasteiger partial charge on any atom is -0.346 e. The number of nitrogens with zero attached hydrogens (tertiary/aromatic N) is 2. The van der Waals surface area contributed by atoms with Gasteiger partial charge in [0.2, 0.25) is 5.91 Å². The van der Waals surface area contributed by atoms with E-state index < -0.39 is 0 Å². The summed E-state index contributed by atoms with van der Waals surface area (Å²) in [5.41, 5.74) is 3.57. The molecule has 4 rings (SSSR count). The van der Waals surface area contributed by atoms with E-state index in [1.807, 2.05) is 25.1 Å². The third-order valence-electron chi connectivity index (χ3n) is 4.70. The molecular formula is C17H19N3O. The van der Waals surface area contributed by atoms with Crippen molar-refractivity contribution in [2.75, 3.05) is 0 Å². The molecule has 1 N–H and O–H groups in total. The molecule has 1 aromatic carbocycles. The van der Waals surface area contributed by atoms with Crippen molar-refractivity contribution in [3.63, 3.8) is 0 Å². The van der Waals surface area contributed by atoms with Crippen LogP contribution in [0.15, 0.2) is 30.3 Å². The predicted molar refractivity (Wildman–Crippen MR) is 79.8 cm³/mol. The first kappa shape index (κ1) is 12.6. The number of benzene rings is 1. The number of hydrogen-bond acceptors (Lipinski definition) is 2. The molecule has 0 unspecified atom stereocenters. The normalized spacial score (nSPS) is 24.0. The van der Waals surface area contributed by atoms with E-state index in [9.17, 15) is 4.79 Å². The Morgan fingerprint density at radius 1 is 1.29 bits per heavy atom. The van der Waals surface area contributed by atoms with Crippen LogP contribution < -0.4 is 0 Å².